The summed E-state index contributed by atoms with van der Waals surface area (Å²) in [4.78, 5) is 0. The molecular formula is C13H25NO. The molecule has 0 amide bonds. The van der Waals surface area contributed by atoms with Crippen molar-refractivity contribution in [3.05, 3.63) is 12.2 Å². The molecule has 0 bridgehead atoms. The monoisotopic (exact) mass is 211 g/mol. The Labute approximate surface area is 94.1 Å². The second-order valence-corrected chi connectivity index (χ2v) is 5.45. The van der Waals surface area contributed by atoms with Gasteiger partial charge in [0.15, 0.2) is 0 Å². The maximum absolute atomic E-state index is 5.85. The molecular weight excluding hydrogens is 186 g/mol. The fourth-order valence-corrected chi connectivity index (χ4v) is 2.08. The highest BCUT2D eigenvalue weighted by molar-refractivity contribution is 4.96. The molecule has 1 saturated carbocycles. The van der Waals surface area contributed by atoms with Crippen LogP contribution in [0.1, 0.15) is 39.5 Å². The van der Waals surface area contributed by atoms with Crippen LogP contribution in [0.5, 0.6) is 0 Å². The summed E-state index contributed by atoms with van der Waals surface area (Å²) in [7, 11) is 1.94. The van der Waals surface area contributed by atoms with Crippen LogP contribution in [-0.4, -0.2) is 26.3 Å². The first-order chi connectivity index (χ1) is 7.03. The molecule has 0 aromatic carbocycles. The minimum atomic E-state index is 0.464. The van der Waals surface area contributed by atoms with Crippen molar-refractivity contribution in [3.8, 4) is 0 Å². The van der Waals surface area contributed by atoms with Crippen molar-refractivity contribution in [3.63, 3.8) is 0 Å². The van der Waals surface area contributed by atoms with Gasteiger partial charge in [0, 0.05) is 6.54 Å². The second-order valence-electron chi connectivity index (χ2n) is 5.45. The van der Waals surface area contributed by atoms with E-state index in [9.17, 15) is 0 Å². The van der Waals surface area contributed by atoms with Crippen molar-refractivity contribution in [2.45, 2.75) is 45.6 Å². The Bertz CT molecular complexity index is 201. The van der Waals surface area contributed by atoms with Crippen LogP contribution >= 0.6 is 0 Å². The number of rotatable bonds is 5. The Morgan fingerprint density at radius 1 is 1.40 bits per heavy atom. The molecule has 0 aromatic heterocycles. The van der Waals surface area contributed by atoms with Crippen LogP contribution in [0.4, 0.5) is 0 Å². The van der Waals surface area contributed by atoms with Gasteiger partial charge in [-0.15, -0.1) is 0 Å². The van der Waals surface area contributed by atoms with E-state index < -0.39 is 0 Å². The van der Waals surface area contributed by atoms with E-state index in [0.717, 1.165) is 12.1 Å². The lowest BCUT2D eigenvalue weighted by Gasteiger charge is -2.34. The van der Waals surface area contributed by atoms with E-state index in [1.54, 1.807) is 0 Å². The van der Waals surface area contributed by atoms with Crippen LogP contribution in [0.3, 0.4) is 0 Å². The summed E-state index contributed by atoms with van der Waals surface area (Å²) in [5, 5.41) is 3.09. The predicted molar refractivity (Wildman–Crippen MR) is 65.1 cm³/mol. The van der Waals surface area contributed by atoms with Gasteiger partial charge in [0.1, 0.15) is 0 Å². The zero-order valence-corrected chi connectivity index (χ0v) is 10.4. The third-order valence-electron chi connectivity index (χ3n) is 3.24. The Balaban J connectivity index is 2.16. The van der Waals surface area contributed by atoms with Crippen LogP contribution in [-0.2, 0) is 4.74 Å². The lowest BCUT2D eigenvalue weighted by Crippen LogP contribution is -2.27. The van der Waals surface area contributed by atoms with Crippen molar-refractivity contribution in [1.29, 1.82) is 0 Å². The van der Waals surface area contributed by atoms with Gasteiger partial charge in [-0.25, -0.2) is 0 Å². The molecule has 0 radical (unpaired) electrons. The largest absolute Gasteiger partial charge is 0.374 e. The molecule has 0 aliphatic heterocycles. The Morgan fingerprint density at radius 2 is 2.00 bits per heavy atom. The summed E-state index contributed by atoms with van der Waals surface area (Å²) >= 11 is 0. The molecule has 0 unspecified atom stereocenters. The van der Waals surface area contributed by atoms with E-state index in [-0.39, 0.29) is 0 Å². The van der Waals surface area contributed by atoms with E-state index in [1.807, 2.05) is 7.05 Å². The molecule has 1 N–H and O–H groups in total. The molecule has 1 fully saturated rings. The molecule has 0 aromatic rings. The Kier molecular flexibility index (Phi) is 4.81. The first kappa shape index (κ1) is 12.7. The Morgan fingerprint density at radius 3 is 2.53 bits per heavy atom. The summed E-state index contributed by atoms with van der Waals surface area (Å²) in [5.74, 6) is 0. The van der Waals surface area contributed by atoms with Gasteiger partial charge in [0.05, 0.1) is 12.7 Å². The summed E-state index contributed by atoms with van der Waals surface area (Å²) in [6, 6.07) is 0. The Hall–Kier alpha value is -0.340. The summed E-state index contributed by atoms with van der Waals surface area (Å²) in [6.07, 6.45) is 5.46. The quantitative estimate of drug-likeness (QED) is 0.706. The molecule has 1 aliphatic rings. The van der Waals surface area contributed by atoms with Gasteiger partial charge < -0.3 is 10.1 Å². The highest BCUT2D eigenvalue weighted by Gasteiger charge is 2.26. The topological polar surface area (TPSA) is 21.3 Å². The number of nitrogens with one attached hydrogen (secondary N) is 1. The van der Waals surface area contributed by atoms with Gasteiger partial charge in [0.25, 0.3) is 0 Å². The van der Waals surface area contributed by atoms with E-state index in [4.69, 9.17) is 4.74 Å². The summed E-state index contributed by atoms with van der Waals surface area (Å²) in [6.45, 7) is 10.2. The molecule has 0 heterocycles. The molecule has 88 valence electrons. The normalized spacial score (nSPS) is 21.5. The summed E-state index contributed by atoms with van der Waals surface area (Å²) < 4.78 is 5.85. The molecule has 1 rings (SSSR count). The predicted octanol–water partition coefficient (Wildman–Crippen LogP) is 2.75. The van der Waals surface area contributed by atoms with E-state index in [1.165, 1.54) is 25.7 Å². The summed E-state index contributed by atoms with van der Waals surface area (Å²) in [5.41, 5.74) is 1.67. The molecule has 0 spiro atoms. The zero-order valence-electron chi connectivity index (χ0n) is 10.4. The van der Waals surface area contributed by atoms with Gasteiger partial charge in [0.2, 0.25) is 0 Å². The highest BCUT2D eigenvalue weighted by atomic mass is 16.5. The van der Waals surface area contributed by atoms with Gasteiger partial charge in [-0.05, 0) is 43.7 Å². The van der Waals surface area contributed by atoms with E-state index in [2.05, 4.69) is 25.7 Å². The highest BCUT2D eigenvalue weighted by Crippen LogP contribution is 2.36. The van der Waals surface area contributed by atoms with Gasteiger partial charge in [-0.2, -0.15) is 0 Å². The van der Waals surface area contributed by atoms with Gasteiger partial charge in [-0.3, -0.25) is 0 Å². The molecule has 2 heteroatoms. The minimum Gasteiger partial charge on any atom is -0.374 e. The van der Waals surface area contributed by atoms with Crippen LogP contribution in [0.2, 0.25) is 0 Å². The fourth-order valence-electron chi connectivity index (χ4n) is 2.08. The SMILES string of the molecule is C=C(CNC)COC1CCC(C)(C)CC1. The van der Waals surface area contributed by atoms with E-state index in [0.29, 0.717) is 18.1 Å². The first-order valence-electron chi connectivity index (χ1n) is 5.96. The van der Waals surface area contributed by atoms with Crippen LogP contribution < -0.4 is 5.32 Å². The van der Waals surface area contributed by atoms with Gasteiger partial charge >= 0.3 is 0 Å². The van der Waals surface area contributed by atoms with Crippen LogP contribution in [0.25, 0.3) is 0 Å². The van der Waals surface area contributed by atoms with Crippen molar-refractivity contribution in [2.75, 3.05) is 20.2 Å². The van der Waals surface area contributed by atoms with Crippen LogP contribution in [0, 0.1) is 5.41 Å². The fraction of sp³-hybridized carbons (Fsp3) is 0.846. The molecule has 0 saturated heterocycles. The third-order valence-corrected chi connectivity index (χ3v) is 3.24. The van der Waals surface area contributed by atoms with Gasteiger partial charge in [-0.1, -0.05) is 20.4 Å². The standard InChI is InChI=1S/C13H25NO/c1-11(9-14-4)10-15-12-5-7-13(2,3)8-6-12/h12,14H,1,5-10H2,2-4H3. The zero-order chi connectivity index (χ0) is 11.3. The lowest BCUT2D eigenvalue weighted by molar-refractivity contribution is 0.0154. The number of hydrogen-bond acceptors (Lipinski definition) is 2. The second kappa shape index (κ2) is 5.66. The molecule has 15 heavy (non-hydrogen) atoms. The number of hydrogen-bond donors (Lipinski definition) is 1. The molecule has 0 atom stereocenters. The van der Waals surface area contributed by atoms with Crippen molar-refractivity contribution in [1.82, 2.24) is 5.32 Å². The molecule has 2 nitrogen and oxygen atoms in total. The average Bonchev–Trinajstić information content (AvgIpc) is 2.17. The average molecular weight is 211 g/mol. The van der Waals surface area contributed by atoms with Crippen molar-refractivity contribution < 1.29 is 4.74 Å². The maximum atomic E-state index is 5.85. The van der Waals surface area contributed by atoms with Crippen molar-refractivity contribution in [2.24, 2.45) is 5.41 Å². The maximum Gasteiger partial charge on any atom is 0.0690 e. The minimum absolute atomic E-state index is 0.464. The van der Waals surface area contributed by atoms with E-state index >= 15 is 0 Å². The molecule has 1 aliphatic carbocycles. The van der Waals surface area contributed by atoms with Crippen molar-refractivity contribution >= 4 is 0 Å². The third kappa shape index (κ3) is 4.80. The number of ether oxygens (including phenoxy) is 1. The smallest absolute Gasteiger partial charge is 0.0690 e. The number of likely N-dealkylation sites (N-methyl/N-ethyl adjacent to an activating group) is 1. The van der Waals surface area contributed by atoms with Crippen LogP contribution in [0.15, 0.2) is 12.2 Å². The lowest BCUT2D eigenvalue weighted by atomic mass is 9.76. The first-order valence-corrected chi connectivity index (χ1v) is 5.96.